The van der Waals surface area contributed by atoms with Crippen molar-refractivity contribution < 1.29 is 59.4 Å². The van der Waals surface area contributed by atoms with Crippen LogP contribution in [0.15, 0.2) is 23.3 Å². The first-order chi connectivity index (χ1) is 22.6. The molecule has 0 aromatic heterocycles. The van der Waals surface area contributed by atoms with Crippen molar-refractivity contribution >= 4 is 0 Å². The summed E-state index contributed by atoms with van der Waals surface area (Å²) in [5, 5.41) is 75.7. The molecule has 0 spiro atoms. The summed E-state index contributed by atoms with van der Waals surface area (Å²) in [4.78, 5) is 0. The minimum absolute atomic E-state index is 0.0730. The zero-order valence-electron chi connectivity index (χ0n) is 28.9. The van der Waals surface area contributed by atoms with Crippen LogP contribution in [0.1, 0.15) is 73.1 Å². The van der Waals surface area contributed by atoms with Crippen molar-refractivity contribution in [1.29, 1.82) is 0 Å². The normalized spacial score (nSPS) is 56.3. The van der Waals surface area contributed by atoms with Crippen molar-refractivity contribution in [3.05, 3.63) is 23.3 Å². The van der Waals surface area contributed by atoms with Crippen LogP contribution in [0.5, 0.6) is 0 Å². The largest absolute Gasteiger partial charge is 0.394 e. The summed E-state index contributed by atoms with van der Waals surface area (Å²) in [6.07, 6.45) is -1.02. The van der Waals surface area contributed by atoms with E-state index in [-0.39, 0.29) is 40.6 Å². The molecule has 4 aliphatic carbocycles. The molecule has 7 N–H and O–H groups in total. The molecular weight excluding hydrogens is 624 g/mol. The first-order valence-electron chi connectivity index (χ1n) is 17.9. The minimum Gasteiger partial charge on any atom is -0.394 e. The van der Waals surface area contributed by atoms with Crippen LogP contribution >= 0.6 is 0 Å². The molecule has 0 radical (unpaired) electrons. The zero-order valence-corrected chi connectivity index (χ0v) is 28.9. The standard InChI is InChI=1S/C36H56O12/c1-16(2)36(43)30-29(48-35(36,5)44-6)24(31(42)47-30)25-22(38)14-21-19-8-7-17-13-18(9-11-33(17,3)20(19)10-12-34(21,25)4)45-32-28(41)27(40)26(39)23(15-37)46-32/h8,10,16-18,21-32,37-43H,7,9,11-15H2,1-6H3/t17?,18-,21-,22+,23+,24-,25+,26+,27-,28+,29?,30?,31?,32+,33-,34-,35?,36+/m0/s1. The summed E-state index contributed by atoms with van der Waals surface area (Å²) in [6, 6.07) is 0. The maximum Gasteiger partial charge on any atom is 0.197 e. The maximum atomic E-state index is 11.9. The Kier molecular flexibility index (Phi) is 8.87. The highest BCUT2D eigenvalue weighted by atomic mass is 16.8. The molecule has 18 atom stereocenters. The minimum atomic E-state index is -1.49. The monoisotopic (exact) mass is 680 g/mol. The first-order valence-corrected chi connectivity index (χ1v) is 17.9. The molecule has 48 heavy (non-hydrogen) atoms. The Hall–Kier alpha value is -1.00. The van der Waals surface area contributed by atoms with Crippen LogP contribution in [0.25, 0.3) is 0 Å². The average Bonchev–Trinajstić information content (AvgIpc) is 3.59. The second kappa shape index (κ2) is 12.0. The number of hydrogen-bond acceptors (Lipinski definition) is 12. The number of methoxy groups -OCH3 is 1. The fourth-order valence-electron chi connectivity index (χ4n) is 11.3. The molecule has 2 saturated carbocycles. The van der Waals surface area contributed by atoms with Gasteiger partial charge in [0.1, 0.15) is 36.1 Å². The molecule has 7 rings (SSSR count). The van der Waals surface area contributed by atoms with Gasteiger partial charge in [0, 0.05) is 18.9 Å². The van der Waals surface area contributed by atoms with Gasteiger partial charge in [-0.3, -0.25) is 0 Å². The number of aliphatic hydroxyl groups excluding tert-OH is 6. The van der Waals surface area contributed by atoms with E-state index in [1.54, 1.807) is 6.92 Å². The predicted octanol–water partition coefficient (Wildman–Crippen LogP) is 1.12. The fourth-order valence-corrected chi connectivity index (χ4v) is 11.3. The molecule has 12 heteroatoms. The van der Waals surface area contributed by atoms with Gasteiger partial charge in [0.2, 0.25) is 0 Å². The van der Waals surface area contributed by atoms with Gasteiger partial charge in [0.25, 0.3) is 0 Å². The highest BCUT2D eigenvalue weighted by Crippen LogP contribution is 2.67. The Morgan fingerprint density at radius 3 is 2.38 bits per heavy atom. The van der Waals surface area contributed by atoms with Gasteiger partial charge in [-0.05, 0) is 85.2 Å². The zero-order chi connectivity index (χ0) is 34.7. The number of fused-ring (bicyclic) bond motifs is 6. The van der Waals surface area contributed by atoms with Crippen molar-refractivity contribution in [2.45, 2.75) is 146 Å². The molecule has 0 amide bonds. The van der Waals surface area contributed by atoms with Gasteiger partial charge in [-0.25, -0.2) is 0 Å². The number of aliphatic hydroxyl groups is 7. The lowest BCUT2D eigenvalue weighted by atomic mass is 9.51. The number of hydrogen-bond donors (Lipinski definition) is 7. The Labute approximate surface area is 282 Å². The number of ether oxygens (including phenoxy) is 5. The van der Waals surface area contributed by atoms with Crippen molar-refractivity contribution in [2.75, 3.05) is 13.7 Å². The summed E-state index contributed by atoms with van der Waals surface area (Å²) >= 11 is 0. The molecule has 272 valence electrons. The molecule has 5 fully saturated rings. The third-order valence-corrected chi connectivity index (χ3v) is 14.2. The Bertz CT molecular complexity index is 1300. The van der Waals surface area contributed by atoms with Crippen LogP contribution < -0.4 is 0 Å². The molecule has 7 aliphatic rings. The molecule has 12 nitrogen and oxygen atoms in total. The number of allylic oxidation sites excluding steroid dienone is 4. The second-order valence-corrected chi connectivity index (χ2v) is 16.7. The van der Waals surface area contributed by atoms with E-state index < -0.39 is 79.2 Å². The van der Waals surface area contributed by atoms with E-state index >= 15 is 0 Å². The van der Waals surface area contributed by atoms with Crippen LogP contribution in [0.2, 0.25) is 0 Å². The Balaban J connectivity index is 1.11. The molecule has 3 heterocycles. The van der Waals surface area contributed by atoms with Crippen molar-refractivity contribution in [2.24, 2.45) is 40.4 Å². The van der Waals surface area contributed by atoms with E-state index in [0.29, 0.717) is 12.8 Å². The highest BCUT2D eigenvalue weighted by Gasteiger charge is 2.74. The van der Waals surface area contributed by atoms with Crippen LogP contribution in [0, 0.1) is 40.4 Å². The van der Waals surface area contributed by atoms with Gasteiger partial charge in [-0.2, -0.15) is 0 Å². The average molecular weight is 681 g/mol. The quantitative estimate of drug-likeness (QED) is 0.212. The molecule has 3 aliphatic heterocycles. The molecule has 5 unspecified atom stereocenters. The van der Waals surface area contributed by atoms with E-state index in [1.165, 1.54) is 18.3 Å². The van der Waals surface area contributed by atoms with Crippen molar-refractivity contribution in [3.8, 4) is 0 Å². The van der Waals surface area contributed by atoms with Gasteiger partial charge in [-0.1, -0.05) is 39.8 Å². The Morgan fingerprint density at radius 2 is 1.71 bits per heavy atom. The van der Waals surface area contributed by atoms with E-state index in [2.05, 4.69) is 26.0 Å². The highest BCUT2D eigenvalue weighted by molar-refractivity contribution is 5.47. The van der Waals surface area contributed by atoms with Crippen LogP contribution in [0.3, 0.4) is 0 Å². The van der Waals surface area contributed by atoms with Gasteiger partial charge >= 0.3 is 0 Å². The van der Waals surface area contributed by atoms with Crippen molar-refractivity contribution in [3.63, 3.8) is 0 Å². The van der Waals surface area contributed by atoms with Crippen molar-refractivity contribution in [1.82, 2.24) is 0 Å². The molecule has 0 bridgehead atoms. The van der Waals surface area contributed by atoms with E-state index in [9.17, 15) is 35.7 Å². The molecule has 0 aromatic rings. The van der Waals surface area contributed by atoms with E-state index in [4.69, 9.17) is 23.7 Å². The van der Waals surface area contributed by atoms with Gasteiger partial charge in [0.15, 0.2) is 18.4 Å². The summed E-state index contributed by atoms with van der Waals surface area (Å²) in [7, 11) is 1.51. The van der Waals surface area contributed by atoms with Gasteiger partial charge < -0.3 is 59.4 Å². The topological polar surface area (TPSA) is 188 Å². The van der Waals surface area contributed by atoms with Gasteiger partial charge in [0.05, 0.1) is 24.9 Å². The smallest absolute Gasteiger partial charge is 0.197 e. The number of rotatable bonds is 6. The molecular formula is C36H56O12. The second-order valence-electron chi connectivity index (χ2n) is 16.7. The lowest BCUT2D eigenvalue weighted by Crippen LogP contribution is -2.60. The van der Waals surface area contributed by atoms with E-state index in [0.717, 1.165) is 25.7 Å². The molecule has 3 saturated heterocycles. The summed E-state index contributed by atoms with van der Waals surface area (Å²) in [6.45, 7) is 9.53. The molecule has 0 aromatic carbocycles. The third-order valence-electron chi connectivity index (χ3n) is 14.2. The van der Waals surface area contributed by atoms with E-state index in [1.807, 2.05) is 13.8 Å². The SMILES string of the molecule is COC1(C)OC2C(OC(O)[C@H]2[C@H]2[C@H](O)C[C@H]3C4=CCC5C[C@@H](O[C@@H]6O[C@H](CO)[C@@H](O)[C@H](O)[C@H]6O)CC[C@]5(C)C4=CC[C@]23C)[C@]1(O)C(C)C. The lowest BCUT2D eigenvalue weighted by Gasteiger charge is -2.54. The summed E-state index contributed by atoms with van der Waals surface area (Å²) in [5.41, 5.74) is 0.603. The third kappa shape index (κ3) is 4.78. The Morgan fingerprint density at radius 1 is 0.979 bits per heavy atom. The maximum absolute atomic E-state index is 11.9. The van der Waals surface area contributed by atoms with Crippen LogP contribution in [0.4, 0.5) is 0 Å². The van der Waals surface area contributed by atoms with Crippen LogP contribution in [-0.2, 0) is 23.7 Å². The fraction of sp³-hybridized carbons (Fsp3) is 0.889. The van der Waals surface area contributed by atoms with Gasteiger partial charge in [-0.15, -0.1) is 0 Å². The lowest BCUT2D eigenvalue weighted by molar-refractivity contribution is -0.314. The first kappa shape index (κ1) is 35.4. The predicted molar refractivity (Wildman–Crippen MR) is 170 cm³/mol. The summed E-state index contributed by atoms with van der Waals surface area (Å²) < 4.78 is 30.2. The van der Waals surface area contributed by atoms with Crippen LogP contribution in [-0.4, -0.2) is 122 Å². The summed E-state index contributed by atoms with van der Waals surface area (Å²) in [5.74, 6) is -2.17.